The third kappa shape index (κ3) is 4.75. The Morgan fingerprint density at radius 2 is 1.77 bits per heavy atom. The summed E-state index contributed by atoms with van der Waals surface area (Å²) in [5.41, 5.74) is 4.35. The highest BCUT2D eigenvalue weighted by atomic mass is 35.5. The number of halogens is 1. The normalized spacial score (nSPS) is 20.5. The summed E-state index contributed by atoms with van der Waals surface area (Å²) < 4.78 is 0. The minimum Gasteiger partial charge on any atom is -0.338 e. The maximum absolute atomic E-state index is 13.5. The highest BCUT2D eigenvalue weighted by Gasteiger charge is 2.35. The molecule has 0 N–H and O–H groups in total. The molecule has 0 radical (unpaired) electrons. The molecule has 3 heterocycles. The fourth-order valence-corrected chi connectivity index (χ4v) is 6.47. The lowest BCUT2D eigenvalue weighted by atomic mass is 9.90. The molecule has 0 unspecified atom stereocenters. The zero-order valence-electron chi connectivity index (χ0n) is 20.1. The van der Waals surface area contributed by atoms with Gasteiger partial charge >= 0.3 is 0 Å². The molecule has 1 saturated heterocycles. The van der Waals surface area contributed by atoms with Crippen LogP contribution in [0.3, 0.4) is 0 Å². The molecule has 35 heavy (non-hydrogen) atoms. The van der Waals surface area contributed by atoms with Gasteiger partial charge in [-0.25, -0.2) is 0 Å². The summed E-state index contributed by atoms with van der Waals surface area (Å²) in [5, 5.41) is 2.63. The fourth-order valence-electron chi connectivity index (χ4n) is 5.35. The first-order chi connectivity index (χ1) is 16.9. The van der Waals surface area contributed by atoms with Crippen LogP contribution >= 0.6 is 22.9 Å². The number of benzene rings is 2. The van der Waals surface area contributed by atoms with E-state index in [9.17, 15) is 9.59 Å². The van der Waals surface area contributed by atoms with Gasteiger partial charge in [0.25, 0.3) is 5.91 Å². The summed E-state index contributed by atoms with van der Waals surface area (Å²) in [6.45, 7) is 6.95. The number of piperazine rings is 1. The fraction of sp³-hybridized carbons (Fsp3) is 0.357. The van der Waals surface area contributed by atoms with Crippen molar-refractivity contribution in [3.05, 3.63) is 92.1 Å². The van der Waals surface area contributed by atoms with Gasteiger partial charge in [-0.15, -0.1) is 11.3 Å². The highest BCUT2D eigenvalue weighted by molar-refractivity contribution is 7.10. The van der Waals surface area contributed by atoms with Crippen molar-refractivity contribution in [2.24, 2.45) is 0 Å². The van der Waals surface area contributed by atoms with Crippen LogP contribution in [0.15, 0.2) is 60.0 Å². The van der Waals surface area contributed by atoms with Crippen LogP contribution < -0.4 is 0 Å². The van der Waals surface area contributed by atoms with E-state index in [2.05, 4.69) is 47.5 Å². The van der Waals surface area contributed by atoms with Gasteiger partial charge in [0.15, 0.2) is 0 Å². The SMILES string of the molecule is Cc1ccccc1[C@@H]1c2ccsc2CCN1CC(=O)N1CCN(C(=O)c2ccccc2Cl)[C@H](C)C1. The largest absolute Gasteiger partial charge is 0.338 e. The van der Waals surface area contributed by atoms with Gasteiger partial charge in [0.2, 0.25) is 5.91 Å². The molecule has 2 aliphatic rings. The van der Waals surface area contributed by atoms with Crippen molar-refractivity contribution < 1.29 is 9.59 Å². The smallest absolute Gasteiger partial charge is 0.255 e. The summed E-state index contributed by atoms with van der Waals surface area (Å²) >= 11 is 8.07. The molecule has 1 aromatic heterocycles. The second kappa shape index (κ2) is 10.1. The van der Waals surface area contributed by atoms with Crippen LogP contribution in [-0.2, 0) is 11.2 Å². The number of amides is 2. The number of carbonyl (C=O) groups is 2. The number of thiophene rings is 1. The number of nitrogens with zero attached hydrogens (tertiary/aromatic N) is 3. The summed E-state index contributed by atoms with van der Waals surface area (Å²) in [4.78, 5) is 34.1. The number of fused-ring (bicyclic) bond motifs is 1. The van der Waals surface area contributed by atoms with Crippen molar-refractivity contribution in [2.75, 3.05) is 32.7 Å². The van der Waals surface area contributed by atoms with Crippen LogP contribution in [0.2, 0.25) is 5.02 Å². The molecule has 5 nitrogen and oxygen atoms in total. The van der Waals surface area contributed by atoms with Gasteiger partial charge < -0.3 is 9.80 Å². The Hall–Kier alpha value is -2.67. The predicted octanol–water partition coefficient (Wildman–Crippen LogP) is 5.03. The van der Waals surface area contributed by atoms with Gasteiger partial charge in [-0.1, -0.05) is 48.0 Å². The van der Waals surface area contributed by atoms with Crippen LogP contribution in [0.1, 0.15) is 44.9 Å². The Balaban J connectivity index is 1.30. The van der Waals surface area contributed by atoms with Crippen LogP contribution in [0.4, 0.5) is 0 Å². The second-order valence-electron chi connectivity index (χ2n) is 9.45. The van der Waals surface area contributed by atoms with E-state index in [1.54, 1.807) is 12.1 Å². The molecule has 2 aliphatic heterocycles. The summed E-state index contributed by atoms with van der Waals surface area (Å²) in [7, 11) is 0. The highest BCUT2D eigenvalue weighted by Crippen LogP contribution is 2.38. The zero-order chi connectivity index (χ0) is 24.5. The van der Waals surface area contributed by atoms with E-state index in [-0.39, 0.29) is 23.9 Å². The number of rotatable bonds is 4. The minimum absolute atomic E-state index is 0.0733. The molecule has 2 aromatic carbocycles. The lowest BCUT2D eigenvalue weighted by Gasteiger charge is -2.42. The molecule has 2 atom stereocenters. The van der Waals surface area contributed by atoms with E-state index in [0.29, 0.717) is 36.8 Å². The van der Waals surface area contributed by atoms with Crippen LogP contribution in [0.5, 0.6) is 0 Å². The number of aryl methyl sites for hydroxylation is 1. The zero-order valence-corrected chi connectivity index (χ0v) is 21.7. The topological polar surface area (TPSA) is 43.9 Å². The molecule has 3 aromatic rings. The van der Waals surface area contributed by atoms with E-state index < -0.39 is 0 Å². The first-order valence-electron chi connectivity index (χ1n) is 12.1. The minimum atomic E-state index is -0.0755. The molecule has 1 fully saturated rings. The Morgan fingerprint density at radius 3 is 2.54 bits per heavy atom. The van der Waals surface area contributed by atoms with E-state index >= 15 is 0 Å². The van der Waals surface area contributed by atoms with Crippen LogP contribution in [0.25, 0.3) is 0 Å². The molecular weight excluding hydrogens is 478 g/mol. The van der Waals surface area contributed by atoms with Crippen LogP contribution in [-0.4, -0.2) is 65.3 Å². The van der Waals surface area contributed by atoms with Gasteiger partial charge in [0.05, 0.1) is 23.2 Å². The monoisotopic (exact) mass is 507 g/mol. The first-order valence-corrected chi connectivity index (χ1v) is 13.4. The van der Waals surface area contributed by atoms with Crippen LogP contribution in [0, 0.1) is 6.92 Å². The Bertz CT molecular complexity index is 1240. The molecule has 7 heteroatoms. The maximum atomic E-state index is 13.5. The summed E-state index contributed by atoms with van der Waals surface area (Å²) in [6, 6.07) is 17.9. The third-order valence-corrected chi connectivity index (χ3v) is 8.56. The van der Waals surface area contributed by atoms with E-state index in [1.165, 1.54) is 21.6 Å². The maximum Gasteiger partial charge on any atom is 0.255 e. The molecular formula is C28H30ClN3O2S. The second-order valence-corrected chi connectivity index (χ2v) is 10.9. The van der Waals surface area contributed by atoms with E-state index in [0.717, 1.165) is 13.0 Å². The molecule has 0 saturated carbocycles. The molecule has 182 valence electrons. The summed E-state index contributed by atoms with van der Waals surface area (Å²) in [5.74, 6) is 0.0507. The van der Waals surface area contributed by atoms with Gasteiger partial charge in [0.1, 0.15) is 0 Å². The van der Waals surface area contributed by atoms with Gasteiger partial charge in [-0.2, -0.15) is 0 Å². The Labute approximate surface area is 215 Å². The van der Waals surface area contributed by atoms with Gasteiger partial charge in [0, 0.05) is 37.1 Å². The molecule has 0 aliphatic carbocycles. The van der Waals surface area contributed by atoms with Crippen molar-refractivity contribution >= 4 is 34.8 Å². The number of hydrogen-bond acceptors (Lipinski definition) is 4. The Morgan fingerprint density at radius 1 is 1.00 bits per heavy atom. The third-order valence-electron chi connectivity index (χ3n) is 7.23. The average Bonchev–Trinajstić information content (AvgIpc) is 3.33. The number of carbonyl (C=O) groups excluding carboxylic acids is 2. The lowest BCUT2D eigenvalue weighted by molar-refractivity contribution is -0.135. The molecule has 2 amide bonds. The van der Waals surface area contributed by atoms with Crippen molar-refractivity contribution in [1.82, 2.24) is 14.7 Å². The van der Waals surface area contributed by atoms with Gasteiger partial charge in [-0.3, -0.25) is 14.5 Å². The molecule has 0 spiro atoms. The summed E-state index contributed by atoms with van der Waals surface area (Å²) in [6.07, 6.45) is 0.971. The average molecular weight is 508 g/mol. The molecule has 0 bridgehead atoms. The quantitative estimate of drug-likeness (QED) is 0.497. The Kier molecular flexibility index (Phi) is 6.96. The lowest BCUT2D eigenvalue weighted by Crippen LogP contribution is -2.57. The van der Waals surface area contributed by atoms with E-state index in [1.807, 2.05) is 40.2 Å². The van der Waals surface area contributed by atoms with Crippen molar-refractivity contribution in [2.45, 2.75) is 32.4 Å². The number of hydrogen-bond donors (Lipinski definition) is 0. The first kappa shape index (κ1) is 24.0. The van der Waals surface area contributed by atoms with Crippen molar-refractivity contribution in [3.63, 3.8) is 0 Å². The van der Waals surface area contributed by atoms with Crippen molar-refractivity contribution in [1.29, 1.82) is 0 Å². The predicted molar refractivity (Wildman–Crippen MR) is 141 cm³/mol. The standard InChI is InChI=1S/C28H30ClN3O2S/c1-19-7-3-4-8-21(19)27-23-12-16-35-25(23)11-13-31(27)18-26(33)30-14-15-32(20(2)17-30)28(34)22-9-5-6-10-24(22)29/h3-10,12,16,20,27H,11,13-15,17-18H2,1-2H3/t20-,27-/m1/s1. The van der Waals surface area contributed by atoms with Crippen molar-refractivity contribution in [3.8, 4) is 0 Å². The molecule has 5 rings (SSSR count). The van der Waals surface area contributed by atoms with Gasteiger partial charge in [-0.05, 0) is 60.5 Å². The van der Waals surface area contributed by atoms with E-state index in [4.69, 9.17) is 11.6 Å².